The Morgan fingerprint density at radius 3 is 2.86 bits per heavy atom. The molecular formula is C9H13N3O2. The highest BCUT2D eigenvalue weighted by Gasteiger charge is 2.28. The Morgan fingerprint density at radius 1 is 1.29 bits per heavy atom. The molecule has 2 aliphatic rings. The van der Waals surface area contributed by atoms with E-state index in [4.69, 9.17) is 9.26 Å². The Balaban J connectivity index is 1.75. The summed E-state index contributed by atoms with van der Waals surface area (Å²) in [4.78, 5) is 4.42. The van der Waals surface area contributed by atoms with Gasteiger partial charge in [-0.15, -0.1) is 0 Å². The molecule has 1 N–H and O–H groups in total. The maximum Gasteiger partial charge on any atom is 0.232 e. The Morgan fingerprint density at radius 2 is 2.21 bits per heavy atom. The molecule has 0 aliphatic carbocycles. The fraction of sp³-hybridized carbons (Fsp3) is 0.778. The summed E-state index contributed by atoms with van der Waals surface area (Å²) in [6.45, 7) is 3.48. The minimum absolute atomic E-state index is 0.323. The Bertz CT molecular complexity index is 316. The number of nitrogens with zero attached hydrogens (tertiary/aromatic N) is 2. The number of rotatable bonds is 2. The van der Waals surface area contributed by atoms with Crippen molar-refractivity contribution >= 4 is 0 Å². The summed E-state index contributed by atoms with van der Waals surface area (Å²) in [7, 11) is 0. The third-order valence-corrected chi connectivity index (χ3v) is 2.88. The quantitative estimate of drug-likeness (QED) is 0.733. The fourth-order valence-corrected chi connectivity index (χ4v) is 1.78. The summed E-state index contributed by atoms with van der Waals surface area (Å²) in [5, 5.41) is 7.19. The van der Waals surface area contributed by atoms with Crippen molar-refractivity contribution in [3.8, 4) is 0 Å². The third-order valence-electron chi connectivity index (χ3n) is 2.88. The van der Waals surface area contributed by atoms with Crippen LogP contribution in [-0.4, -0.2) is 36.4 Å². The van der Waals surface area contributed by atoms with E-state index in [1.807, 2.05) is 0 Å². The van der Waals surface area contributed by atoms with Crippen LogP contribution in [0.25, 0.3) is 0 Å². The van der Waals surface area contributed by atoms with E-state index in [-0.39, 0.29) is 0 Å². The molecular weight excluding hydrogens is 182 g/mol. The van der Waals surface area contributed by atoms with E-state index in [9.17, 15) is 0 Å². The van der Waals surface area contributed by atoms with E-state index in [0.717, 1.165) is 44.4 Å². The first kappa shape index (κ1) is 8.38. The molecule has 14 heavy (non-hydrogen) atoms. The predicted octanol–water partition coefficient (Wildman–Crippen LogP) is 0.260. The second-order valence-corrected chi connectivity index (χ2v) is 3.91. The van der Waals surface area contributed by atoms with Crippen molar-refractivity contribution in [2.24, 2.45) is 0 Å². The van der Waals surface area contributed by atoms with Crippen LogP contribution in [0.1, 0.15) is 30.0 Å². The Hall–Kier alpha value is -0.940. The molecule has 1 atom stereocenters. The molecule has 5 nitrogen and oxygen atoms in total. The Labute approximate surface area is 81.8 Å². The molecule has 1 aromatic rings. The summed E-state index contributed by atoms with van der Waals surface area (Å²) in [5.74, 6) is 2.38. The number of nitrogens with one attached hydrogen (secondary N) is 1. The predicted molar refractivity (Wildman–Crippen MR) is 48.1 cm³/mol. The largest absolute Gasteiger partial charge is 0.381 e. The van der Waals surface area contributed by atoms with Gasteiger partial charge in [0.1, 0.15) is 0 Å². The number of hydrogen-bond acceptors (Lipinski definition) is 5. The molecule has 5 heteroatoms. The van der Waals surface area contributed by atoms with Gasteiger partial charge in [0.05, 0.1) is 12.5 Å². The van der Waals surface area contributed by atoms with Gasteiger partial charge in [0.2, 0.25) is 5.89 Å². The van der Waals surface area contributed by atoms with Gasteiger partial charge in [-0.25, -0.2) is 0 Å². The van der Waals surface area contributed by atoms with Crippen molar-refractivity contribution in [3.05, 3.63) is 11.7 Å². The molecule has 76 valence electrons. The minimum Gasteiger partial charge on any atom is -0.381 e. The van der Waals surface area contributed by atoms with Gasteiger partial charge >= 0.3 is 0 Å². The van der Waals surface area contributed by atoms with E-state index in [1.54, 1.807) is 0 Å². The number of hydrogen-bond donors (Lipinski definition) is 1. The standard InChI is InChI=1S/C9H13N3O2/c1-2-13-5-6(1)9-11-8(12-14-9)7-3-10-4-7/h6-7,10H,1-5H2. The zero-order valence-electron chi connectivity index (χ0n) is 7.90. The van der Waals surface area contributed by atoms with E-state index < -0.39 is 0 Å². The molecule has 2 aliphatic heterocycles. The van der Waals surface area contributed by atoms with Crippen molar-refractivity contribution in [1.29, 1.82) is 0 Å². The first-order valence-electron chi connectivity index (χ1n) is 5.05. The van der Waals surface area contributed by atoms with E-state index in [2.05, 4.69) is 15.5 Å². The molecule has 2 fully saturated rings. The molecule has 0 amide bonds. The first-order chi connectivity index (χ1) is 6.93. The van der Waals surface area contributed by atoms with Gasteiger partial charge in [-0.1, -0.05) is 5.16 Å². The van der Waals surface area contributed by atoms with Crippen LogP contribution >= 0.6 is 0 Å². The van der Waals surface area contributed by atoms with Crippen LogP contribution in [0.2, 0.25) is 0 Å². The molecule has 0 bridgehead atoms. The molecule has 2 saturated heterocycles. The number of aromatic nitrogens is 2. The van der Waals surface area contributed by atoms with Crippen LogP contribution < -0.4 is 5.32 Å². The van der Waals surface area contributed by atoms with Crippen molar-refractivity contribution in [1.82, 2.24) is 15.5 Å². The topological polar surface area (TPSA) is 60.2 Å². The SMILES string of the molecule is C1CC(c2nc(C3CNC3)no2)CO1. The fourth-order valence-electron chi connectivity index (χ4n) is 1.78. The Kier molecular flexibility index (Phi) is 1.99. The van der Waals surface area contributed by atoms with Crippen molar-refractivity contribution < 1.29 is 9.26 Å². The lowest BCUT2D eigenvalue weighted by molar-refractivity contribution is 0.189. The van der Waals surface area contributed by atoms with Crippen LogP contribution in [0.15, 0.2) is 4.52 Å². The second kappa shape index (κ2) is 3.33. The summed E-state index contributed by atoms with van der Waals surface area (Å²) >= 11 is 0. The van der Waals surface area contributed by atoms with Gasteiger partial charge in [0.25, 0.3) is 0 Å². The maximum atomic E-state index is 5.28. The average Bonchev–Trinajstić information content (AvgIpc) is 2.65. The highest BCUT2D eigenvalue weighted by Crippen LogP contribution is 2.25. The van der Waals surface area contributed by atoms with Gasteiger partial charge in [-0.2, -0.15) is 4.98 Å². The molecule has 1 aromatic heterocycles. The average molecular weight is 195 g/mol. The molecule has 0 radical (unpaired) electrons. The molecule has 0 spiro atoms. The van der Waals surface area contributed by atoms with Gasteiger partial charge in [0.15, 0.2) is 5.82 Å². The summed E-state index contributed by atoms with van der Waals surface area (Å²) in [6, 6.07) is 0. The zero-order chi connectivity index (χ0) is 9.38. The summed E-state index contributed by atoms with van der Waals surface area (Å²) < 4.78 is 10.5. The van der Waals surface area contributed by atoms with Crippen LogP contribution in [-0.2, 0) is 4.74 Å². The maximum absolute atomic E-state index is 5.28. The van der Waals surface area contributed by atoms with Gasteiger partial charge in [-0.3, -0.25) is 0 Å². The zero-order valence-corrected chi connectivity index (χ0v) is 7.90. The smallest absolute Gasteiger partial charge is 0.232 e. The van der Waals surface area contributed by atoms with E-state index in [0.29, 0.717) is 11.8 Å². The normalized spacial score (nSPS) is 27.9. The monoisotopic (exact) mass is 195 g/mol. The van der Waals surface area contributed by atoms with Crippen molar-refractivity contribution in [2.45, 2.75) is 18.3 Å². The van der Waals surface area contributed by atoms with Crippen LogP contribution in [0.5, 0.6) is 0 Å². The molecule has 1 unspecified atom stereocenters. The van der Waals surface area contributed by atoms with Crippen molar-refractivity contribution in [2.75, 3.05) is 26.3 Å². The molecule has 3 heterocycles. The lowest BCUT2D eigenvalue weighted by Crippen LogP contribution is -2.40. The summed E-state index contributed by atoms with van der Waals surface area (Å²) in [6.07, 6.45) is 1.00. The minimum atomic E-state index is 0.323. The highest BCUT2D eigenvalue weighted by molar-refractivity contribution is 5.04. The van der Waals surface area contributed by atoms with Gasteiger partial charge in [0, 0.05) is 25.6 Å². The summed E-state index contributed by atoms with van der Waals surface area (Å²) in [5.41, 5.74) is 0. The lowest BCUT2D eigenvalue weighted by Gasteiger charge is -2.23. The third kappa shape index (κ3) is 1.33. The lowest BCUT2D eigenvalue weighted by atomic mass is 10.0. The van der Waals surface area contributed by atoms with Crippen molar-refractivity contribution in [3.63, 3.8) is 0 Å². The van der Waals surface area contributed by atoms with Crippen LogP contribution in [0.4, 0.5) is 0 Å². The van der Waals surface area contributed by atoms with Gasteiger partial charge < -0.3 is 14.6 Å². The number of ether oxygens (including phenoxy) is 1. The highest BCUT2D eigenvalue weighted by atomic mass is 16.5. The van der Waals surface area contributed by atoms with Crippen LogP contribution in [0.3, 0.4) is 0 Å². The van der Waals surface area contributed by atoms with E-state index >= 15 is 0 Å². The molecule has 3 rings (SSSR count). The van der Waals surface area contributed by atoms with E-state index in [1.165, 1.54) is 0 Å². The van der Waals surface area contributed by atoms with Gasteiger partial charge in [-0.05, 0) is 6.42 Å². The van der Waals surface area contributed by atoms with Crippen LogP contribution in [0, 0.1) is 0 Å². The second-order valence-electron chi connectivity index (χ2n) is 3.91. The first-order valence-corrected chi connectivity index (χ1v) is 5.05. The molecule has 0 saturated carbocycles. The molecule has 0 aromatic carbocycles.